The highest BCUT2D eigenvalue weighted by Crippen LogP contribution is 2.25. The molecule has 4 nitrogen and oxygen atoms in total. The van der Waals surface area contributed by atoms with Crippen molar-refractivity contribution in [3.05, 3.63) is 51.5 Å². The lowest BCUT2D eigenvalue weighted by molar-refractivity contribution is -0.125. The van der Waals surface area contributed by atoms with Crippen LogP contribution in [0.15, 0.2) is 30.3 Å². The van der Waals surface area contributed by atoms with Gasteiger partial charge in [-0.25, -0.2) is 4.98 Å². The van der Waals surface area contributed by atoms with E-state index in [9.17, 15) is 4.79 Å². The predicted octanol–water partition coefficient (Wildman–Crippen LogP) is 3.14. The summed E-state index contributed by atoms with van der Waals surface area (Å²) in [5.41, 5.74) is 2.34. The zero-order valence-electron chi connectivity index (χ0n) is 14.6. The number of aromatic nitrogens is 1. The largest absolute Gasteiger partial charge is 0.351 e. The van der Waals surface area contributed by atoms with Crippen LogP contribution in [-0.2, 0) is 17.9 Å². The third-order valence-electron chi connectivity index (χ3n) is 4.70. The molecular formula is C19H25N3OS. The predicted molar refractivity (Wildman–Crippen MR) is 97.8 cm³/mol. The molecule has 1 fully saturated rings. The molecule has 1 aliphatic rings. The van der Waals surface area contributed by atoms with E-state index in [0.29, 0.717) is 12.5 Å². The number of benzene rings is 1. The number of amides is 1. The Bertz CT molecular complexity index is 698. The third-order valence-corrected chi connectivity index (χ3v) is 5.77. The van der Waals surface area contributed by atoms with E-state index in [-0.39, 0.29) is 11.8 Å². The average Bonchev–Trinajstić information content (AvgIpc) is 3.07. The summed E-state index contributed by atoms with van der Waals surface area (Å²) in [5, 5.41) is 4.17. The molecule has 2 unspecified atom stereocenters. The Labute approximate surface area is 147 Å². The van der Waals surface area contributed by atoms with E-state index in [2.05, 4.69) is 46.4 Å². The number of hydrogen-bond acceptors (Lipinski definition) is 4. The molecule has 128 valence electrons. The van der Waals surface area contributed by atoms with Crippen molar-refractivity contribution in [2.45, 2.75) is 33.9 Å². The molecule has 5 heteroatoms. The Morgan fingerprint density at radius 3 is 2.71 bits per heavy atom. The fourth-order valence-electron chi connectivity index (χ4n) is 3.42. The van der Waals surface area contributed by atoms with Crippen LogP contribution in [0.25, 0.3) is 0 Å². The van der Waals surface area contributed by atoms with Crippen LogP contribution in [0.2, 0.25) is 0 Å². The molecule has 1 aliphatic heterocycles. The number of hydrogen-bond donors (Lipinski definition) is 1. The second kappa shape index (κ2) is 7.45. The van der Waals surface area contributed by atoms with Crippen molar-refractivity contribution in [3.63, 3.8) is 0 Å². The molecule has 0 aliphatic carbocycles. The first-order valence-electron chi connectivity index (χ1n) is 8.50. The summed E-state index contributed by atoms with van der Waals surface area (Å²) < 4.78 is 0. The van der Waals surface area contributed by atoms with E-state index in [1.165, 1.54) is 5.56 Å². The molecule has 3 rings (SSSR count). The van der Waals surface area contributed by atoms with Gasteiger partial charge < -0.3 is 5.32 Å². The first kappa shape index (κ1) is 17.1. The Morgan fingerprint density at radius 2 is 2.04 bits per heavy atom. The van der Waals surface area contributed by atoms with E-state index in [4.69, 9.17) is 0 Å². The SMILES string of the molecule is Cc1nc(C)c(CNC(=O)C2CN(Cc3ccccc3)CC2C)s1. The molecule has 1 aromatic heterocycles. The highest BCUT2D eigenvalue weighted by atomic mass is 32.1. The highest BCUT2D eigenvalue weighted by molar-refractivity contribution is 7.11. The van der Waals surface area contributed by atoms with Crippen molar-refractivity contribution < 1.29 is 4.79 Å². The molecule has 1 N–H and O–H groups in total. The van der Waals surface area contributed by atoms with Crippen molar-refractivity contribution in [2.24, 2.45) is 11.8 Å². The lowest BCUT2D eigenvalue weighted by atomic mass is 9.97. The van der Waals surface area contributed by atoms with Crippen molar-refractivity contribution in [1.29, 1.82) is 0 Å². The number of rotatable bonds is 5. The molecule has 0 radical (unpaired) electrons. The van der Waals surface area contributed by atoms with Crippen LogP contribution in [-0.4, -0.2) is 28.9 Å². The minimum atomic E-state index is 0.0723. The number of nitrogens with zero attached hydrogens (tertiary/aromatic N) is 2. The maximum Gasteiger partial charge on any atom is 0.225 e. The van der Waals surface area contributed by atoms with Crippen LogP contribution in [0.1, 0.15) is 28.1 Å². The monoisotopic (exact) mass is 343 g/mol. The molecule has 1 amide bonds. The molecule has 0 spiro atoms. The average molecular weight is 343 g/mol. The van der Waals surface area contributed by atoms with Crippen molar-refractivity contribution >= 4 is 17.2 Å². The molecule has 2 atom stereocenters. The van der Waals surface area contributed by atoms with Gasteiger partial charge >= 0.3 is 0 Å². The second-order valence-electron chi connectivity index (χ2n) is 6.72. The van der Waals surface area contributed by atoms with E-state index >= 15 is 0 Å². The Hall–Kier alpha value is -1.72. The lowest BCUT2D eigenvalue weighted by Crippen LogP contribution is -2.34. The van der Waals surface area contributed by atoms with E-state index in [1.54, 1.807) is 11.3 Å². The molecule has 0 bridgehead atoms. The standard InChI is InChI=1S/C19H25N3OS/c1-13-10-22(11-16-7-5-4-6-8-16)12-17(13)19(23)20-9-18-14(2)21-15(3)24-18/h4-8,13,17H,9-12H2,1-3H3,(H,20,23). The van der Waals surface area contributed by atoms with Crippen LogP contribution in [0.4, 0.5) is 0 Å². The van der Waals surface area contributed by atoms with E-state index in [0.717, 1.165) is 35.2 Å². The Balaban J connectivity index is 1.54. The van der Waals surface area contributed by atoms with Crippen LogP contribution < -0.4 is 5.32 Å². The van der Waals surface area contributed by atoms with Crippen LogP contribution in [0.5, 0.6) is 0 Å². The van der Waals surface area contributed by atoms with Gasteiger partial charge in [0.25, 0.3) is 0 Å². The summed E-state index contributed by atoms with van der Waals surface area (Å²) >= 11 is 1.67. The summed E-state index contributed by atoms with van der Waals surface area (Å²) in [6, 6.07) is 10.5. The molecule has 1 saturated heterocycles. The van der Waals surface area contributed by atoms with Gasteiger partial charge in [-0.05, 0) is 25.3 Å². The number of thiazole rings is 1. The first-order valence-corrected chi connectivity index (χ1v) is 9.31. The van der Waals surface area contributed by atoms with E-state index < -0.39 is 0 Å². The van der Waals surface area contributed by atoms with E-state index in [1.807, 2.05) is 19.9 Å². The number of carbonyl (C=O) groups is 1. The fourth-order valence-corrected chi connectivity index (χ4v) is 4.29. The highest BCUT2D eigenvalue weighted by Gasteiger charge is 2.34. The first-order chi connectivity index (χ1) is 11.5. The van der Waals surface area contributed by atoms with Gasteiger partial charge in [0.05, 0.1) is 23.2 Å². The van der Waals surface area contributed by atoms with Crippen LogP contribution in [0.3, 0.4) is 0 Å². The lowest BCUT2D eigenvalue weighted by Gasteiger charge is -2.16. The zero-order chi connectivity index (χ0) is 17.1. The van der Waals surface area contributed by atoms with Crippen LogP contribution >= 0.6 is 11.3 Å². The molecular weight excluding hydrogens is 318 g/mol. The summed E-state index contributed by atoms with van der Waals surface area (Å²) in [6.07, 6.45) is 0. The third kappa shape index (κ3) is 4.02. The molecule has 2 aromatic rings. The number of likely N-dealkylation sites (tertiary alicyclic amines) is 1. The van der Waals surface area contributed by atoms with Gasteiger partial charge in [-0.15, -0.1) is 11.3 Å². The summed E-state index contributed by atoms with van der Waals surface area (Å²) in [5.74, 6) is 0.629. The van der Waals surface area contributed by atoms with Gasteiger partial charge in [0.2, 0.25) is 5.91 Å². The summed E-state index contributed by atoms with van der Waals surface area (Å²) in [7, 11) is 0. The van der Waals surface area contributed by atoms with Gasteiger partial charge in [-0.2, -0.15) is 0 Å². The van der Waals surface area contributed by atoms with Crippen molar-refractivity contribution in [2.75, 3.05) is 13.1 Å². The van der Waals surface area contributed by atoms with Gasteiger partial charge in [0.15, 0.2) is 0 Å². The van der Waals surface area contributed by atoms with Crippen molar-refractivity contribution in [3.8, 4) is 0 Å². The molecule has 0 saturated carbocycles. The summed E-state index contributed by atoms with van der Waals surface area (Å²) in [4.78, 5) is 20.6. The molecule has 24 heavy (non-hydrogen) atoms. The normalized spacial score (nSPS) is 21.1. The Morgan fingerprint density at radius 1 is 1.29 bits per heavy atom. The van der Waals surface area contributed by atoms with Gasteiger partial charge in [-0.3, -0.25) is 9.69 Å². The van der Waals surface area contributed by atoms with Crippen molar-refractivity contribution in [1.82, 2.24) is 15.2 Å². The topological polar surface area (TPSA) is 45.2 Å². The second-order valence-corrected chi connectivity index (χ2v) is 8.01. The quantitative estimate of drug-likeness (QED) is 0.907. The molecule has 2 heterocycles. The number of nitrogens with one attached hydrogen (secondary N) is 1. The summed E-state index contributed by atoms with van der Waals surface area (Å²) in [6.45, 7) is 9.51. The Kier molecular flexibility index (Phi) is 5.31. The van der Waals surface area contributed by atoms with Crippen LogP contribution in [0, 0.1) is 25.7 Å². The number of aryl methyl sites for hydroxylation is 2. The number of carbonyl (C=O) groups excluding carboxylic acids is 1. The maximum atomic E-state index is 12.6. The minimum Gasteiger partial charge on any atom is -0.351 e. The van der Waals surface area contributed by atoms with Gasteiger partial charge in [-0.1, -0.05) is 37.3 Å². The smallest absolute Gasteiger partial charge is 0.225 e. The fraction of sp³-hybridized carbons (Fsp3) is 0.474. The molecule has 1 aromatic carbocycles. The maximum absolute atomic E-state index is 12.6. The van der Waals surface area contributed by atoms with Gasteiger partial charge in [0.1, 0.15) is 0 Å². The minimum absolute atomic E-state index is 0.0723. The zero-order valence-corrected chi connectivity index (χ0v) is 15.4. The van der Waals surface area contributed by atoms with Gasteiger partial charge in [0, 0.05) is 24.5 Å².